The van der Waals surface area contributed by atoms with Gasteiger partial charge in [-0.3, -0.25) is 19.3 Å². The number of fused-ring (bicyclic) bond motifs is 1. The van der Waals surface area contributed by atoms with Crippen LogP contribution in [0.1, 0.15) is 22.8 Å². The fraction of sp³-hybridized carbons (Fsp3) is 0.286. The largest absolute Gasteiger partial charge is 0.296 e. The third kappa shape index (κ3) is 2.02. The van der Waals surface area contributed by atoms with Crippen molar-refractivity contribution >= 4 is 17.5 Å². The van der Waals surface area contributed by atoms with Crippen molar-refractivity contribution in [2.24, 2.45) is 0 Å². The molecule has 1 aromatic carbocycles. The summed E-state index contributed by atoms with van der Waals surface area (Å²) in [6.45, 7) is 5.57. The van der Waals surface area contributed by atoms with Crippen LogP contribution in [-0.2, 0) is 9.63 Å². The van der Waals surface area contributed by atoms with E-state index in [1.807, 2.05) is 12.1 Å². The van der Waals surface area contributed by atoms with Gasteiger partial charge in [-0.15, -0.1) is 0 Å². The highest BCUT2D eigenvalue weighted by atomic mass is 16.7. The lowest BCUT2D eigenvalue weighted by molar-refractivity contribution is -0.172. The average Bonchev–Trinajstić information content (AvgIpc) is 2.69. The molecule has 1 aliphatic rings. The van der Waals surface area contributed by atoms with Gasteiger partial charge in [-0.2, -0.15) is 0 Å². The van der Waals surface area contributed by atoms with Crippen LogP contribution in [0.2, 0.25) is 0 Å². The van der Waals surface area contributed by atoms with E-state index >= 15 is 0 Å². The molecule has 2 amide bonds. The van der Waals surface area contributed by atoms with Crippen LogP contribution in [-0.4, -0.2) is 42.0 Å². The molecule has 1 aliphatic heterocycles. The number of amides is 2. The zero-order chi connectivity index (χ0) is 14.2. The van der Waals surface area contributed by atoms with Gasteiger partial charge in [0.1, 0.15) is 6.04 Å². The Bertz CT molecular complexity index is 518. The van der Waals surface area contributed by atoms with Crippen LogP contribution >= 0.6 is 0 Å². The minimum Gasteiger partial charge on any atom is -0.296 e. The Hall–Kier alpha value is -2.14. The van der Waals surface area contributed by atoms with E-state index in [-0.39, 0.29) is 11.8 Å². The Morgan fingerprint density at radius 1 is 1.37 bits per heavy atom. The number of hydrogen-bond acceptors (Lipinski definition) is 3. The Labute approximate surface area is 112 Å². The first-order chi connectivity index (χ1) is 8.99. The van der Waals surface area contributed by atoms with Gasteiger partial charge in [0.2, 0.25) is 0 Å². The molecular formula is C14H16N2O3. The van der Waals surface area contributed by atoms with Crippen LogP contribution < -0.4 is 0 Å². The molecule has 0 aromatic heterocycles. The van der Waals surface area contributed by atoms with Gasteiger partial charge in [0.25, 0.3) is 11.8 Å². The van der Waals surface area contributed by atoms with Gasteiger partial charge in [-0.05, 0) is 13.0 Å². The number of benzene rings is 1. The predicted octanol–water partition coefficient (Wildman–Crippen LogP) is 1.52. The van der Waals surface area contributed by atoms with Crippen LogP contribution in [0.3, 0.4) is 0 Å². The fourth-order valence-corrected chi connectivity index (χ4v) is 2.18. The molecule has 1 atom stereocenters. The van der Waals surface area contributed by atoms with E-state index in [2.05, 4.69) is 6.58 Å². The van der Waals surface area contributed by atoms with Crippen LogP contribution in [0.4, 0.5) is 0 Å². The fourth-order valence-electron chi connectivity index (χ4n) is 2.18. The van der Waals surface area contributed by atoms with Gasteiger partial charge in [0, 0.05) is 23.9 Å². The number of carbonyl (C=O) groups excluding carboxylic acids is 2. The van der Waals surface area contributed by atoms with Gasteiger partial charge >= 0.3 is 0 Å². The summed E-state index contributed by atoms with van der Waals surface area (Å²) in [5.41, 5.74) is 1.89. The van der Waals surface area contributed by atoms with Gasteiger partial charge in [-0.1, -0.05) is 24.8 Å². The normalized spacial score (nSPS) is 15.4. The van der Waals surface area contributed by atoms with E-state index < -0.39 is 6.04 Å². The number of hydroxylamine groups is 2. The summed E-state index contributed by atoms with van der Waals surface area (Å²) in [6.07, 6.45) is 0. The third-order valence-electron chi connectivity index (χ3n) is 3.31. The van der Waals surface area contributed by atoms with E-state index in [0.717, 1.165) is 10.6 Å². The van der Waals surface area contributed by atoms with Crippen LogP contribution in [0, 0.1) is 0 Å². The van der Waals surface area contributed by atoms with E-state index in [9.17, 15) is 9.59 Å². The molecule has 1 aromatic rings. The summed E-state index contributed by atoms with van der Waals surface area (Å²) >= 11 is 0. The van der Waals surface area contributed by atoms with Crippen molar-refractivity contribution in [1.82, 2.24) is 9.96 Å². The maximum atomic E-state index is 12.3. The second kappa shape index (κ2) is 4.85. The molecular weight excluding hydrogens is 244 g/mol. The molecule has 1 heterocycles. The van der Waals surface area contributed by atoms with Crippen molar-refractivity contribution in [3.05, 3.63) is 42.0 Å². The zero-order valence-corrected chi connectivity index (χ0v) is 11.2. The van der Waals surface area contributed by atoms with Gasteiger partial charge < -0.3 is 0 Å². The number of carbonyl (C=O) groups is 2. The second-order valence-electron chi connectivity index (χ2n) is 4.36. The first-order valence-corrected chi connectivity index (χ1v) is 5.92. The molecule has 0 saturated carbocycles. The SMILES string of the molecule is C=C1c2ccccc2C(=O)N1[C@H](C)C(=O)N(C)OC. The Morgan fingerprint density at radius 3 is 2.47 bits per heavy atom. The van der Waals surface area contributed by atoms with E-state index in [4.69, 9.17) is 4.84 Å². The summed E-state index contributed by atoms with van der Waals surface area (Å²) < 4.78 is 0. The van der Waals surface area contributed by atoms with Crippen LogP contribution in [0.15, 0.2) is 30.8 Å². The van der Waals surface area contributed by atoms with Crippen LogP contribution in [0.25, 0.3) is 5.70 Å². The molecule has 2 rings (SSSR count). The molecule has 0 unspecified atom stereocenters. The lowest BCUT2D eigenvalue weighted by Crippen LogP contribution is -2.45. The van der Waals surface area contributed by atoms with Gasteiger partial charge in [-0.25, -0.2) is 5.06 Å². The maximum absolute atomic E-state index is 12.3. The quantitative estimate of drug-likeness (QED) is 0.774. The topological polar surface area (TPSA) is 49.9 Å². The minimum absolute atomic E-state index is 0.203. The highest BCUT2D eigenvalue weighted by Crippen LogP contribution is 2.33. The molecule has 0 spiro atoms. The van der Waals surface area contributed by atoms with Gasteiger partial charge in [0.05, 0.1) is 7.11 Å². The molecule has 19 heavy (non-hydrogen) atoms. The monoisotopic (exact) mass is 260 g/mol. The van der Waals surface area contributed by atoms with E-state index in [1.165, 1.54) is 19.1 Å². The summed E-state index contributed by atoms with van der Waals surface area (Å²) in [5.74, 6) is -0.504. The van der Waals surface area contributed by atoms with E-state index in [0.29, 0.717) is 11.3 Å². The number of nitrogens with zero attached hydrogens (tertiary/aromatic N) is 2. The van der Waals surface area contributed by atoms with Gasteiger partial charge in [0.15, 0.2) is 0 Å². The highest BCUT2D eigenvalue weighted by molar-refractivity contribution is 6.10. The second-order valence-corrected chi connectivity index (χ2v) is 4.36. The molecule has 0 radical (unpaired) electrons. The lowest BCUT2D eigenvalue weighted by atomic mass is 10.1. The summed E-state index contributed by atoms with van der Waals surface area (Å²) in [4.78, 5) is 30.6. The Morgan fingerprint density at radius 2 is 1.95 bits per heavy atom. The molecule has 0 aliphatic carbocycles. The molecule has 0 saturated heterocycles. The number of hydrogen-bond donors (Lipinski definition) is 0. The van der Waals surface area contributed by atoms with Crippen molar-refractivity contribution < 1.29 is 14.4 Å². The molecule has 100 valence electrons. The minimum atomic E-state index is -0.655. The summed E-state index contributed by atoms with van der Waals surface area (Å²) in [7, 11) is 2.91. The zero-order valence-electron chi connectivity index (χ0n) is 11.2. The highest BCUT2D eigenvalue weighted by Gasteiger charge is 2.37. The summed E-state index contributed by atoms with van der Waals surface area (Å²) in [6, 6.07) is 6.54. The Balaban J connectivity index is 2.32. The molecule has 0 N–H and O–H groups in total. The predicted molar refractivity (Wildman–Crippen MR) is 70.9 cm³/mol. The van der Waals surface area contributed by atoms with Crippen LogP contribution in [0.5, 0.6) is 0 Å². The van der Waals surface area contributed by atoms with Crippen molar-refractivity contribution in [2.45, 2.75) is 13.0 Å². The number of rotatable bonds is 3. The van der Waals surface area contributed by atoms with E-state index in [1.54, 1.807) is 19.1 Å². The summed E-state index contributed by atoms with van der Waals surface area (Å²) in [5, 5.41) is 1.11. The maximum Gasteiger partial charge on any atom is 0.268 e. The van der Waals surface area contributed by atoms with Crippen molar-refractivity contribution in [2.75, 3.05) is 14.2 Å². The first-order valence-electron chi connectivity index (χ1n) is 5.92. The van der Waals surface area contributed by atoms with Crippen molar-refractivity contribution in [3.63, 3.8) is 0 Å². The third-order valence-corrected chi connectivity index (χ3v) is 3.31. The first kappa shape index (κ1) is 13.3. The average molecular weight is 260 g/mol. The Kier molecular flexibility index (Phi) is 3.40. The standard InChI is InChI=1S/C14H16N2O3/c1-9-11-7-5-6-8-12(11)14(18)16(9)10(2)13(17)15(3)19-4/h5-8,10H,1H2,2-4H3/t10-/m1/s1. The lowest BCUT2D eigenvalue weighted by Gasteiger charge is -2.27. The molecule has 5 heteroatoms. The smallest absolute Gasteiger partial charge is 0.268 e. The van der Waals surface area contributed by atoms with Crippen molar-refractivity contribution in [1.29, 1.82) is 0 Å². The number of likely N-dealkylation sites (N-methyl/N-ethyl adjacent to an activating group) is 1. The molecule has 0 bridgehead atoms. The van der Waals surface area contributed by atoms with Crippen molar-refractivity contribution in [3.8, 4) is 0 Å². The molecule has 0 fully saturated rings. The molecule has 5 nitrogen and oxygen atoms in total.